The lowest BCUT2D eigenvalue weighted by atomic mass is 10.1. The lowest BCUT2D eigenvalue weighted by molar-refractivity contribution is -0.161. The molecule has 0 aromatic heterocycles. The van der Waals surface area contributed by atoms with Crippen LogP contribution < -0.4 is 5.32 Å². The fourth-order valence-corrected chi connectivity index (χ4v) is 2.23. The smallest absolute Gasteiger partial charge is 0.373 e. The predicted octanol–water partition coefficient (Wildman–Crippen LogP) is 2.43. The number of benzene rings is 1. The number of amides is 1. The number of anilines is 1. The Balaban J connectivity index is 2.05. The molecule has 0 bridgehead atoms. The summed E-state index contributed by atoms with van der Waals surface area (Å²) in [7, 11) is 0. The molecular formula is C13H15F3N2O. The molecule has 1 N–H and O–H groups in total. The zero-order chi connectivity index (χ0) is 14.0. The minimum absolute atomic E-state index is 0.0485. The number of alkyl halides is 3. The highest BCUT2D eigenvalue weighted by molar-refractivity contribution is 5.87. The minimum Gasteiger partial charge on any atom is -0.373 e. The SMILES string of the molecule is CCN(CC(F)(F)F)C(=O)[C@@H]1Cc2ccccc2N1. The summed E-state index contributed by atoms with van der Waals surface area (Å²) >= 11 is 0. The number of fused-ring (bicyclic) bond motifs is 1. The number of likely N-dealkylation sites (N-methyl/N-ethyl adjacent to an activating group) is 1. The third-order valence-corrected chi connectivity index (χ3v) is 3.13. The van der Waals surface area contributed by atoms with Crippen molar-refractivity contribution in [2.24, 2.45) is 0 Å². The molecule has 1 aromatic carbocycles. The summed E-state index contributed by atoms with van der Waals surface area (Å²) in [4.78, 5) is 12.9. The second-order valence-corrected chi connectivity index (χ2v) is 4.53. The van der Waals surface area contributed by atoms with E-state index in [0.717, 1.165) is 16.2 Å². The zero-order valence-electron chi connectivity index (χ0n) is 10.5. The van der Waals surface area contributed by atoms with E-state index in [4.69, 9.17) is 0 Å². The molecule has 1 aromatic rings. The third kappa shape index (κ3) is 3.19. The molecule has 1 atom stereocenters. The summed E-state index contributed by atoms with van der Waals surface area (Å²) < 4.78 is 37.2. The molecule has 0 saturated heterocycles. The maximum atomic E-state index is 12.4. The van der Waals surface area contributed by atoms with Crippen molar-refractivity contribution < 1.29 is 18.0 Å². The fraction of sp³-hybridized carbons (Fsp3) is 0.462. The molecule has 0 spiro atoms. The van der Waals surface area contributed by atoms with Crippen LogP contribution in [0.5, 0.6) is 0 Å². The van der Waals surface area contributed by atoms with Crippen molar-refractivity contribution in [3.8, 4) is 0 Å². The highest BCUT2D eigenvalue weighted by Crippen LogP contribution is 2.26. The van der Waals surface area contributed by atoms with Crippen LogP contribution in [0, 0.1) is 0 Å². The fourth-order valence-electron chi connectivity index (χ4n) is 2.23. The van der Waals surface area contributed by atoms with Crippen LogP contribution in [0.2, 0.25) is 0 Å². The number of carbonyl (C=O) groups is 1. The Morgan fingerprint density at radius 2 is 2.11 bits per heavy atom. The highest BCUT2D eigenvalue weighted by Gasteiger charge is 2.36. The van der Waals surface area contributed by atoms with Crippen LogP contribution in [0.25, 0.3) is 0 Å². The normalized spacial score (nSPS) is 17.8. The van der Waals surface area contributed by atoms with Gasteiger partial charge >= 0.3 is 6.18 Å². The summed E-state index contributed by atoms with van der Waals surface area (Å²) in [6.07, 6.45) is -3.93. The van der Waals surface area contributed by atoms with Crippen molar-refractivity contribution >= 4 is 11.6 Å². The Kier molecular flexibility index (Phi) is 3.68. The van der Waals surface area contributed by atoms with E-state index < -0.39 is 24.7 Å². The summed E-state index contributed by atoms with van der Waals surface area (Å²) in [5.41, 5.74) is 1.79. The summed E-state index contributed by atoms with van der Waals surface area (Å²) in [6, 6.07) is 6.77. The van der Waals surface area contributed by atoms with Crippen LogP contribution in [-0.2, 0) is 11.2 Å². The van der Waals surface area contributed by atoms with Crippen LogP contribution in [0.15, 0.2) is 24.3 Å². The van der Waals surface area contributed by atoms with Crippen molar-refractivity contribution in [2.45, 2.75) is 25.6 Å². The molecular weight excluding hydrogens is 257 g/mol. The molecule has 6 heteroatoms. The van der Waals surface area contributed by atoms with Crippen LogP contribution in [0.1, 0.15) is 12.5 Å². The van der Waals surface area contributed by atoms with Gasteiger partial charge in [-0.2, -0.15) is 13.2 Å². The van der Waals surface area contributed by atoms with Gasteiger partial charge in [0.1, 0.15) is 12.6 Å². The van der Waals surface area contributed by atoms with E-state index >= 15 is 0 Å². The van der Waals surface area contributed by atoms with E-state index in [1.54, 1.807) is 6.92 Å². The van der Waals surface area contributed by atoms with E-state index in [0.29, 0.717) is 6.42 Å². The summed E-state index contributed by atoms with van der Waals surface area (Å²) in [5.74, 6) is -0.504. The second-order valence-electron chi connectivity index (χ2n) is 4.53. The standard InChI is InChI=1S/C13H15F3N2O/c1-2-18(8-13(14,15)16)12(19)11-7-9-5-3-4-6-10(9)17-11/h3-6,11,17H,2,7-8H2,1H3/t11-/m0/s1. The third-order valence-electron chi connectivity index (χ3n) is 3.13. The van der Waals surface area contributed by atoms with E-state index in [1.165, 1.54) is 0 Å². The van der Waals surface area contributed by atoms with Crippen LogP contribution in [-0.4, -0.2) is 36.1 Å². The van der Waals surface area contributed by atoms with Crippen LogP contribution >= 0.6 is 0 Å². The van der Waals surface area contributed by atoms with Gasteiger partial charge in [-0.05, 0) is 18.6 Å². The van der Waals surface area contributed by atoms with Gasteiger partial charge in [-0.1, -0.05) is 18.2 Å². The maximum absolute atomic E-state index is 12.4. The lowest BCUT2D eigenvalue weighted by Gasteiger charge is -2.25. The van der Waals surface area contributed by atoms with Gasteiger partial charge in [0.2, 0.25) is 5.91 Å². The minimum atomic E-state index is -4.36. The van der Waals surface area contributed by atoms with Gasteiger partial charge in [-0.15, -0.1) is 0 Å². The van der Waals surface area contributed by atoms with Gasteiger partial charge < -0.3 is 10.2 Å². The van der Waals surface area contributed by atoms with Crippen molar-refractivity contribution in [3.63, 3.8) is 0 Å². The Labute approximate surface area is 109 Å². The molecule has 1 aliphatic heterocycles. The Morgan fingerprint density at radius 1 is 1.42 bits per heavy atom. The first-order chi connectivity index (χ1) is 8.90. The Morgan fingerprint density at radius 3 is 2.68 bits per heavy atom. The van der Waals surface area contributed by atoms with E-state index in [9.17, 15) is 18.0 Å². The van der Waals surface area contributed by atoms with Crippen molar-refractivity contribution in [1.82, 2.24) is 4.90 Å². The van der Waals surface area contributed by atoms with Gasteiger partial charge in [0.15, 0.2) is 0 Å². The number of para-hydroxylation sites is 1. The molecule has 2 rings (SSSR count). The van der Waals surface area contributed by atoms with Crippen molar-refractivity contribution in [3.05, 3.63) is 29.8 Å². The van der Waals surface area contributed by atoms with Crippen LogP contribution in [0.3, 0.4) is 0 Å². The number of hydrogen-bond donors (Lipinski definition) is 1. The summed E-state index contributed by atoms with van der Waals surface area (Å²) in [6.45, 7) is 0.398. The van der Waals surface area contributed by atoms with Crippen molar-refractivity contribution in [1.29, 1.82) is 0 Å². The molecule has 1 amide bonds. The predicted molar refractivity (Wildman–Crippen MR) is 65.9 cm³/mol. The first-order valence-electron chi connectivity index (χ1n) is 6.10. The topological polar surface area (TPSA) is 32.3 Å². The lowest BCUT2D eigenvalue weighted by Crippen LogP contribution is -2.46. The number of carbonyl (C=O) groups excluding carboxylic acids is 1. The second kappa shape index (κ2) is 5.11. The number of halogens is 3. The largest absolute Gasteiger partial charge is 0.406 e. The van der Waals surface area contributed by atoms with E-state index in [2.05, 4.69) is 5.32 Å². The number of rotatable bonds is 3. The van der Waals surface area contributed by atoms with Gasteiger partial charge in [0.25, 0.3) is 0 Å². The molecule has 3 nitrogen and oxygen atoms in total. The molecule has 104 valence electrons. The van der Waals surface area contributed by atoms with Gasteiger partial charge in [0.05, 0.1) is 0 Å². The Bertz CT molecular complexity index is 448. The monoisotopic (exact) mass is 272 g/mol. The average molecular weight is 272 g/mol. The first-order valence-corrected chi connectivity index (χ1v) is 6.10. The molecule has 0 fully saturated rings. The van der Waals surface area contributed by atoms with Crippen LogP contribution in [0.4, 0.5) is 18.9 Å². The number of hydrogen-bond acceptors (Lipinski definition) is 2. The average Bonchev–Trinajstić information content (AvgIpc) is 2.77. The zero-order valence-corrected chi connectivity index (χ0v) is 10.5. The molecule has 1 heterocycles. The molecule has 19 heavy (non-hydrogen) atoms. The number of nitrogens with one attached hydrogen (secondary N) is 1. The molecule has 1 aliphatic rings. The molecule has 0 unspecified atom stereocenters. The van der Waals surface area contributed by atoms with E-state index in [-0.39, 0.29) is 6.54 Å². The Hall–Kier alpha value is -1.72. The highest BCUT2D eigenvalue weighted by atomic mass is 19.4. The van der Waals surface area contributed by atoms with Gasteiger partial charge in [-0.25, -0.2) is 0 Å². The van der Waals surface area contributed by atoms with E-state index in [1.807, 2.05) is 24.3 Å². The molecule has 0 radical (unpaired) electrons. The van der Waals surface area contributed by atoms with Crippen molar-refractivity contribution in [2.75, 3.05) is 18.4 Å². The quantitative estimate of drug-likeness (QED) is 0.916. The first kappa shape index (κ1) is 13.7. The van der Waals surface area contributed by atoms with Gasteiger partial charge in [0, 0.05) is 18.7 Å². The number of nitrogens with zero attached hydrogens (tertiary/aromatic N) is 1. The maximum Gasteiger partial charge on any atom is 0.406 e. The molecule has 0 aliphatic carbocycles. The van der Waals surface area contributed by atoms with Gasteiger partial charge in [-0.3, -0.25) is 4.79 Å². The molecule has 0 saturated carbocycles. The summed E-state index contributed by atoms with van der Waals surface area (Å²) in [5, 5.41) is 2.98.